The van der Waals surface area contributed by atoms with Crippen molar-refractivity contribution in [2.24, 2.45) is 5.41 Å². The molecule has 3 rings (SSSR count). The molecule has 0 radical (unpaired) electrons. The molecule has 2 bridgehead atoms. The highest BCUT2D eigenvalue weighted by molar-refractivity contribution is 7.80. The lowest BCUT2D eigenvalue weighted by molar-refractivity contribution is -0.140. The van der Waals surface area contributed by atoms with Crippen molar-refractivity contribution in [1.29, 1.82) is 0 Å². The number of hydrogen-bond donors (Lipinski definition) is 3. The molecule has 2 aliphatic heterocycles. The molecule has 0 aromatic carbocycles. The minimum absolute atomic E-state index is 0.0588. The van der Waals surface area contributed by atoms with E-state index in [1.165, 1.54) is 4.90 Å². The maximum Gasteiger partial charge on any atom is 0.418 e. The van der Waals surface area contributed by atoms with Gasteiger partial charge >= 0.3 is 16.4 Å². The van der Waals surface area contributed by atoms with Crippen LogP contribution in [0.15, 0.2) is 0 Å². The third-order valence-electron chi connectivity index (χ3n) is 4.86. The summed E-state index contributed by atoms with van der Waals surface area (Å²) in [6, 6.07) is -2.06. The Morgan fingerprint density at radius 3 is 2.72 bits per heavy atom. The molecule has 0 spiro atoms. The maximum atomic E-state index is 12.3. The van der Waals surface area contributed by atoms with Gasteiger partial charge in [0, 0.05) is 18.5 Å². The number of fused-ring (bicyclic) bond motifs is 2. The Morgan fingerprint density at radius 2 is 2.12 bits per heavy atom. The number of amides is 3. The maximum absolute atomic E-state index is 12.3. The molecular weight excluding hydrogens is 356 g/mol. The Balaban J connectivity index is 1.54. The van der Waals surface area contributed by atoms with Gasteiger partial charge in [0.1, 0.15) is 6.04 Å². The summed E-state index contributed by atoms with van der Waals surface area (Å²) in [4.78, 5) is 31.1. The molecule has 1 saturated carbocycles. The van der Waals surface area contributed by atoms with Crippen LogP contribution in [0.4, 0.5) is 4.79 Å². The summed E-state index contributed by atoms with van der Waals surface area (Å²) < 4.78 is 34.8. The van der Waals surface area contributed by atoms with Crippen molar-refractivity contribution in [1.82, 2.24) is 20.8 Å². The van der Waals surface area contributed by atoms with Gasteiger partial charge in [0.05, 0.1) is 12.6 Å². The second-order valence-electron chi connectivity index (χ2n) is 6.80. The van der Waals surface area contributed by atoms with Crippen LogP contribution in [0, 0.1) is 5.41 Å². The van der Waals surface area contributed by atoms with Crippen molar-refractivity contribution in [2.45, 2.75) is 37.8 Å². The van der Waals surface area contributed by atoms with Gasteiger partial charge in [-0.3, -0.25) is 14.2 Å². The van der Waals surface area contributed by atoms with Gasteiger partial charge in [-0.2, -0.15) is 13.5 Å². The van der Waals surface area contributed by atoms with Crippen molar-refractivity contribution >= 4 is 22.3 Å². The summed E-state index contributed by atoms with van der Waals surface area (Å²) >= 11 is 0. The topological polar surface area (TPSA) is 138 Å². The Bertz CT molecular complexity index is 651. The number of hydrogen-bond acceptors (Lipinski definition) is 7. The average Bonchev–Trinajstić information content (AvgIpc) is 3.26. The van der Waals surface area contributed by atoms with Crippen LogP contribution >= 0.6 is 0 Å². The van der Waals surface area contributed by atoms with E-state index in [1.54, 1.807) is 0 Å². The SMILES string of the molecule is CNCC1(CONC(=O)[C@@H]2CC[C@@H]3CN2C(=O)N3OS(=O)(=O)O)CC1. The Morgan fingerprint density at radius 1 is 1.40 bits per heavy atom. The van der Waals surface area contributed by atoms with E-state index in [-0.39, 0.29) is 12.0 Å². The minimum Gasteiger partial charge on any atom is -0.319 e. The largest absolute Gasteiger partial charge is 0.418 e. The molecule has 0 aromatic rings. The fraction of sp³-hybridized carbons (Fsp3) is 0.846. The van der Waals surface area contributed by atoms with Gasteiger partial charge in [-0.1, -0.05) is 0 Å². The normalized spacial score (nSPS) is 27.5. The highest BCUT2D eigenvalue weighted by atomic mass is 32.3. The van der Waals surface area contributed by atoms with Crippen molar-refractivity contribution in [3.63, 3.8) is 0 Å². The Kier molecular flexibility index (Phi) is 4.90. The first kappa shape index (κ1) is 18.3. The third kappa shape index (κ3) is 4.03. The summed E-state index contributed by atoms with van der Waals surface area (Å²) in [7, 11) is -2.94. The molecule has 2 saturated heterocycles. The number of hydroxylamine groups is 3. The predicted molar refractivity (Wildman–Crippen MR) is 83.1 cm³/mol. The summed E-state index contributed by atoms with van der Waals surface area (Å²) in [5.41, 5.74) is 2.44. The number of urea groups is 1. The number of carbonyl (C=O) groups is 2. The molecule has 1 aliphatic carbocycles. The number of nitrogens with one attached hydrogen (secondary N) is 2. The summed E-state index contributed by atoms with van der Waals surface area (Å²) in [5.74, 6) is -0.458. The van der Waals surface area contributed by atoms with Crippen LogP contribution in [-0.4, -0.2) is 73.7 Å². The van der Waals surface area contributed by atoms with Crippen LogP contribution < -0.4 is 10.8 Å². The zero-order valence-corrected chi connectivity index (χ0v) is 14.6. The summed E-state index contributed by atoms with van der Waals surface area (Å²) in [5, 5.41) is 3.70. The molecule has 3 fully saturated rings. The van der Waals surface area contributed by atoms with Crippen molar-refractivity contribution in [3.8, 4) is 0 Å². The molecule has 3 aliphatic rings. The molecule has 12 heteroatoms. The van der Waals surface area contributed by atoms with Crippen LogP contribution in [0.25, 0.3) is 0 Å². The monoisotopic (exact) mass is 378 g/mol. The molecule has 2 heterocycles. The highest BCUT2D eigenvalue weighted by Crippen LogP contribution is 2.44. The standard InChI is InChI=1S/C13H22N4O7S/c1-14-7-13(4-5-13)8-23-15-11(18)10-3-2-9-6-16(10)12(19)17(9)24-25(20,21)22/h9-10,14H,2-8H2,1H3,(H,15,18)(H,20,21,22)/t9-,10+/m1/s1. The Labute approximate surface area is 145 Å². The highest BCUT2D eigenvalue weighted by Gasteiger charge is 2.49. The molecule has 3 N–H and O–H groups in total. The first-order valence-electron chi connectivity index (χ1n) is 8.08. The number of carbonyl (C=O) groups excluding carboxylic acids is 2. The molecule has 2 atom stereocenters. The fourth-order valence-corrected chi connectivity index (χ4v) is 3.74. The third-order valence-corrected chi connectivity index (χ3v) is 5.21. The van der Waals surface area contributed by atoms with Gasteiger partial charge in [0.15, 0.2) is 0 Å². The van der Waals surface area contributed by atoms with E-state index in [2.05, 4.69) is 15.1 Å². The van der Waals surface area contributed by atoms with Gasteiger partial charge < -0.3 is 10.2 Å². The molecule has 3 amide bonds. The molecule has 0 aromatic heterocycles. The molecule has 11 nitrogen and oxygen atoms in total. The lowest BCUT2D eigenvalue weighted by Crippen LogP contribution is -2.50. The van der Waals surface area contributed by atoms with Crippen molar-refractivity contribution in [3.05, 3.63) is 0 Å². The minimum atomic E-state index is -4.80. The summed E-state index contributed by atoms with van der Waals surface area (Å²) in [6.45, 7) is 1.34. The van der Waals surface area contributed by atoms with Gasteiger partial charge in [-0.25, -0.2) is 10.3 Å². The lowest BCUT2D eigenvalue weighted by Gasteiger charge is -2.29. The predicted octanol–water partition coefficient (Wildman–Crippen LogP) is -0.963. The van der Waals surface area contributed by atoms with Crippen LogP contribution in [-0.2, 0) is 24.3 Å². The molecular formula is C13H22N4O7S. The zero-order chi connectivity index (χ0) is 18.2. The van der Waals surface area contributed by atoms with Gasteiger partial charge in [0.25, 0.3) is 5.91 Å². The van der Waals surface area contributed by atoms with Crippen LogP contribution in [0.1, 0.15) is 25.7 Å². The van der Waals surface area contributed by atoms with Crippen molar-refractivity contribution < 1.29 is 31.7 Å². The van der Waals surface area contributed by atoms with Crippen molar-refractivity contribution in [2.75, 3.05) is 26.7 Å². The first-order chi connectivity index (χ1) is 11.7. The van der Waals surface area contributed by atoms with E-state index in [0.717, 1.165) is 19.4 Å². The number of rotatable bonds is 8. The van der Waals surface area contributed by atoms with Gasteiger partial charge in [-0.15, -0.1) is 4.28 Å². The fourth-order valence-electron chi connectivity index (χ4n) is 3.36. The van der Waals surface area contributed by atoms with E-state index in [0.29, 0.717) is 24.5 Å². The van der Waals surface area contributed by atoms with E-state index in [4.69, 9.17) is 9.39 Å². The summed E-state index contributed by atoms with van der Waals surface area (Å²) in [6.07, 6.45) is 2.78. The van der Waals surface area contributed by atoms with Gasteiger partial charge in [-0.05, 0) is 32.7 Å². The second kappa shape index (κ2) is 6.68. The van der Waals surface area contributed by atoms with Gasteiger partial charge in [0.2, 0.25) is 0 Å². The quantitative estimate of drug-likeness (QED) is 0.363. The van der Waals surface area contributed by atoms with E-state index >= 15 is 0 Å². The van der Waals surface area contributed by atoms with Crippen LogP contribution in [0.5, 0.6) is 0 Å². The number of nitrogens with zero attached hydrogens (tertiary/aromatic N) is 2. The zero-order valence-electron chi connectivity index (χ0n) is 13.8. The first-order valence-corrected chi connectivity index (χ1v) is 9.44. The smallest absolute Gasteiger partial charge is 0.319 e. The Hall–Kier alpha value is -1.47. The average molecular weight is 378 g/mol. The molecule has 25 heavy (non-hydrogen) atoms. The van der Waals surface area contributed by atoms with E-state index in [1.807, 2.05) is 7.05 Å². The second-order valence-corrected chi connectivity index (χ2v) is 7.80. The number of piperidine rings is 1. The van der Waals surface area contributed by atoms with E-state index in [9.17, 15) is 18.0 Å². The van der Waals surface area contributed by atoms with Crippen LogP contribution in [0.2, 0.25) is 0 Å². The molecule has 0 unspecified atom stereocenters. The van der Waals surface area contributed by atoms with Crippen LogP contribution in [0.3, 0.4) is 0 Å². The van der Waals surface area contributed by atoms with E-state index < -0.39 is 34.4 Å². The molecule has 142 valence electrons. The lowest BCUT2D eigenvalue weighted by atomic mass is 10.0.